The van der Waals surface area contributed by atoms with E-state index < -0.39 is 0 Å². The monoisotopic (exact) mass is 275 g/mol. The van der Waals surface area contributed by atoms with Crippen molar-refractivity contribution in [3.8, 4) is 0 Å². The molecule has 1 atom stereocenters. The molecule has 19 heavy (non-hydrogen) atoms. The number of rotatable bonds is 7. The van der Waals surface area contributed by atoms with Crippen LogP contribution in [0.4, 0.5) is 5.69 Å². The molecule has 1 heterocycles. The molecule has 0 radical (unpaired) electrons. The Morgan fingerprint density at radius 1 is 1.32 bits per heavy atom. The average molecular weight is 275 g/mol. The minimum atomic E-state index is 0.341. The van der Waals surface area contributed by atoms with Gasteiger partial charge in [0.1, 0.15) is 0 Å². The van der Waals surface area contributed by atoms with Crippen LogP contribution in [0.5, 0.6) is 0 Å². The topological polar surface area (TPSA) is 28.2 Å². The summed E-state index contributed by atoms with van der Waals surface area (Å²) in [5.41, 5.74) is 4.30. The summed E-state index contributed by atoms with van der Waals surface area (Å²) < 4.78 is 0. The first-order valence-corrected chi connectivity index (χ1v) is 7.59. The molecular weight excluding hydrogens is 254 g/mol. The number of nitrogens with zero attached hydrogens (tertiary/aromatic N) is 2. The van der Waals surface area contributed by atoms with Crippen LogP contribution in [0.25, 0.3) is 0 Å². The van der Waals surface area contributed by atoms with Gasteiger partial charge in [-0.2, -0.15) is 0 Å². The fraction of sp³-hybridized carbons (Fsp3) is 0.400. The Labute approximate surface area is 119 Å². The zero-order valence-corrected chi connectivity index (χ0v) is 12.4. The first-order chi connectivity index (χ1) is 9.27. The third kappa shape index (κ3) is 4.33. The van der Waals surface area contributed by atoms with Gasteiger partial charge in [-0.25, -0.2) is 4.98 Å². The lowest BCUT2D eigenvalue weighted by Gasteiger charge is -2.20. The van der Waals surface area contributed by atoms with Gasteiger partial charge in [0.25, 0.3) is 0 Å². The number of anilines is 1. The van der Waals surface area contributed by atoms with E-state index in [2.05, 4.69) is 64.9 Å². The van der Waals surface area contributed by atoms with Crippen molar-refractivity contribution in [1.29, 1.82) is 0 Å². The molecule has 1 unspecified atom stereocenters. The number of nitrogens with one attached hydrogen (secondary N) is 1. The molecule has 1 aromatic heterocycles. The van der Waals surface area contributed by atoms with Crippen LogP contribution < -0.4 is 10.2 Å². The van der Waals surface area contributed by atoms with E-state index in [0.717, 1.165) is 25.2 Å². The van der Waals surface area contributed by atoms with Crippen molar-refractivity contribution in [3.63, 3.8) is 0 Å². The van der Waals surface area contributed by atoms with Crippen LogP contribution in [-0.2, 0) is 0 Å². The summed E-state index contributed by atoms with van der Waals surface area (Å²) in [4.78, 5) is 6.61. The highest BCUT2D eigenvalue weighted by Gasteiger charge is 2.06. The second-order valence-electron chi connectivity index (χ2n) is 4.70. The number of hydrogen-bond acceptors (Lipinski definition) is 4. The Morgan fingerprint density at radius 3 is 2.79 bits per heavy atom. The fourth-order valence-corrected chi connectivity index (χ4v) is 2.63. The van der Waals surface area contributed by atoms with E-state index in [4.69, 9.17) is 0 Å². The van der Waals surface area contributed by atoms with Gasteiger partial charge in [0.05, 0.1) is 11.2 Å². The summed E-state index contributed by atoms with van der Waals surface area (Å²) in [7, 11) is 2.14. The number of para-hydroxylation sites is 1. The van der Waals surface area contributed by atoms with Gasteiger partial charge in [0.15, 0.2) is 0 Å². The predicted molar refractivity (Wildman–Crippen MR) is 82.9 cm³/mol. The fourth-order valence-electron chi connectivity index (χ4n) is 1.99. The maximum Gasteiger partial charge on any atom is 0.0795 e. The zero-order chi connectivity index (χ0) is 13.5. The van der Waals surface area contributed by atoms with E-state index in [9.17, 15) is 0 Å². The molecule has 0 amide bonds. The van der Waals surface area contributed by atoms with Crippen molar-refractivity contribution in [3.05, 3.63) is 46.9 Å². The summed E-state index contributed by atoms with van der Waals surface area (Å²) >= 11 is 1.65. The van der Waals surface area contributed by atoms with Crippen LogP contribution in [0.3, 0.4) is 0 Å². The van der Waals surface area contributed by atoms with E-state index in [0.29, 0.717) is 6.04 Å². The Kier molecular flexibility index (Phi) is 5.36. The molecule has 0 saturated carbocycles. The van der Waals surface area contributed by atoms with Gasteiger partial charge in [-0.15, -0.1) is 11.3 Å². The summed E-state index contributed by atoms with van der Waals surface area (Å²) in [5, 5.41) is 5.61. The second kappa shape index (κ2) is 7.26. The van der Waals surface area contributed by atoms with Crippen molar-refractivity contribution < 1.29 is 0 Å². The zero-order valence-electron chi connectivity index (χ0n) is 11.5. The highest BCUT2D eigenvalue weighted by Crippen LogP contribution is 2.13. The Balaban J connectivity index is 1.67. The van der Waals surface area contributed by atoms with Gasteiger partial charge in [0, 0.05) is 30.7 Å². The van der Waals surface area contributed by atoms with Crippen molar-refractivity contribution in [1.82, 2.24) is 10.3 Å². The first-order valence-electron chi connectivity index (χ1n) is 6.65. The maximum absolute atomic E-state index is 4.32. The minimum absolute atomic E-state index is 0.341. The summed E-state index contributed by atoms with van der Waals surface area (Å²) in [5.74, 6) is 0. The van der Waals surface area contributed by atoms with Crippen LogP contribution in [0, 0.1) is 0 Å². The second-order valence-corrected chi connectivity index (χ2v) is 5.42. The molecule has 1 aromatic carbocycles. The lowest BCUT2D eigenvalue weighted by Crippen LogP contribution is -2.25. The van der Waals surface area contributed by atoms with Gasteiger partial charge < -0.3 is 10.2 Å². The summed E-state index contributed by atoms with van der Waals surface area (Å²) in [6, 6.07) is 10.8. The molecule has 102 valence electrons. The lowest BCUT2D eigenvalue weighted by atomic mass is 10.2. The van der Waals surface area contributed by atoms with Crippen LogP contribution in [0.2, 0.25) is 0 Å². The van der Waals surface area contributed by atoms with E-state index in [1.54, 1.807) is 11.3 Å². The van der Waals surface area contributed by atoms with Gasteiger partial charge in [-0.05, 0) is 32.0 Å². The summed E-state index contributed by atoms with van der Waals surface area (Å²) in [6.45, 7) is 4.23. The Bertz CT molecular complexity index is 456. The van der Waals surface area contributed by atoms with Crippen molar-refractivity contribution in [2.45, 2.75) is 19.4 Å². The van der Waals surface area contributed by atoms with Crippen molar-refractivity contribution >= 4 is 17.0 Å². The highest BCUT2D eigenvalue weighted by atomic mass is 32.1. The van der Waals surface area contributed by atoms with Gasteiger partial charge in [-0.3, -0.25) is 0 Å². The molecule has 2 rings (SSSR count). The number of benzene rings is 1. The molecule has 0 bridgehead atoms. The quantitative estimate of drug-likeness (QED) is 0.786. The molecule has 3 nitrogen and oxygen atoms in total. The molecule has 0 aliphatic heterocycles. The molecular formula is C15H21N3S. The molecule has 0 saturated heterocycles. The SMILES string of the molecule is CC(NCCCN(C)c1ccccc1)c1cscn1. The van der Waals surface area contributed by atoms with E-state index in [1.165, 1.54) is 5.69 Å². The molecule has 2 aromatic rings. The standard InChI is InChI=1S/C15H21N3S/c1-13(15-11-19-12-17-15)16-9-6-10-18(2)14-7-4-3-5-8-14/h3-5,7-8,11-13,16H,6,9-10H2,1-2H3. The normalized spacial score (nSPS) is 12.3. The summed E-state index contributed by atoms with van der Waals surface area (Å²) in [6.07, 6.45) is 1.12. The van der Waals surface area contributed by atoms with Crippen molar-refractivity contribution in [2.24, 2.45) is 0 Å². The molecule has 4 heteroatoms. The lowest BCUT2D eigenvalue weighted by molar-refractivity contribution is 0.549. The minimum Gasteiger partial charge on any atom is -0.375 e. The Hall–Kier alpha value is -1.39. The predicted octanol–water partition coefficient (Wildman–Crippen LogP) is 3.32. The van der Waals surface area contributed by atoms with Crippen LogP contribution in [-0.4, -0.2) is 25.1 Å². The average Bonchev–Trinajstić information content (AvgIpc) is 2.98. The smallest absolute Gasteiger partial charge is 0.0795 e. The van der Waals surface area contributed by atoms with E-state index in [-0.39, 0.29) is 0 Å². The highest BCUT2D eigenvalue weighted by molar-refractivity contribution is 7.07. The van der Waals surface area contributed by atoms with Crippen LogP contribution >= 0.6 is 11.3 Å². The largest absolute Gasteiger partial charge is 0.375 e. The van der Waals surface area contributed by atoms with Gasteiger partial charge in [-0.1, -0.05) is 18.2 Å². The Morgan fingerprint density at radius 2 is 2.11 bits per heavy atom. The molecule has 0 fully saturated rings. The van der Waals surface area contributed by atoms with Gasteiger partial charge in [0.2, 0.25) is 0 Å². The van der Waals surface area contributed by atoms with E-state index >= 15 is 0 Å². The van der Waals surface area contributed by atoms with Crippen LogP contribution in [0.1, 0.15) is 25.1 Å². The third-order valence-electron chi connectivity index (χ3n) is 3.21. The van der Waals surface area contributed by atoms with Gasteiger partial charge >= 0.3 is 0 Å². The third-order valence-corrected chi connectivity index (χ3v) is 3.82. The van der Waals surface area contributed by atoms with E-state index in [1.807, 2.05) is 5.51 Å². The molecule has 0 spiro atoms. The number of thiazole rings is 1. The molecule has 0 aliphatic rings. The molecule has 1 N–H and O–H groups in total. The number of hydrogen-bond donors (Lipinski definition) is 1. The maximum atomic E-state index is 4.32. The molecule has 0 aliphatic carbocycles. The first kappa shape index (κ1) is 14.0. The van der Waals surface area contributed by atoms with Crippen molar-refractivity contribution in [2.75, 3.05) is 25.0 Å². The number of aromatic nitrogens is 1. The van der Waals surface area contributed by atoms with Crippen LogP contribution in [0.15, 0.2) is 41.2 Å².